The second-order valence-electron chi connectivity index (χ2n) is 8.80. The third kappa shape index (κ3) is 3.87. The molecule has 0 bridgehead atoms. The van der Waals surface area contributed by atoms with E-state index in [0.717, 1.165) is 25.3 Å². The van der Waals surface area contributed by atoms with Crippen molar-refractivity contribution in [3.05, 3.63) is 63.1 Å². The summed E-state index contributed by atoms with van der Waals surface area (Å²) in [7, 11) is 1.67. The molecule has 2 aromatic rings. The average Bonchev–Trinajstić information content (AvgIpc) is 3.18. The van der Waals surface area contributed by atoms with Gasteiger partial charge in [-0.25, -0.2) is 8.78 Å². The molecule has 1 aromatic heterocycles. The normalized spacial score (nSPS) is 22.7. The molecule has 1 aromatic carbocycles. The van der Waals surface area contributed by atoms with Gasteiger partial charge < -0.3 is 19.9 Å². The summed E-state index contributed by atoms with van der Waals surface area (Å²) >= 11 is 0. The number of carbonyl (C=O) groups excluding carboxylic acids is 2. The van der Waals surface area contributed by atoms with Gasteiger partial charge in [-0.15, -0.1) is 0 Å². The van der Waals surface area contributed by atoms with Crippen LogP contribution in [0.15, 0.2) is 29.2 Å². The number of hydrogen-bond acceptors (Lipinski definition) is 4. The number of aromatic nitrogens is 1. The summed E-state index contributed by atoms with van der Waals surface area (Å²) in [6.07, 6.45) is 4.34. The number of aromatic hydroxyl groups is 1. The van der Waals surface area contributed by atoms with Gasteiger partial charge in [-0.1, -0.05) is 19.4 Å². The lowest BCUT2D eigenvalue weighted by atomic mass is 9.93. The standard InChI is InChI=1S/C23H25F2N3O4/c1-12-3-4-13(7-12)18-11-28-10-16(20(29)21(30)19(28)23(32)27(18)2)22(31)26-9-14-5-6-15(24)8-17(14)25/h5-6,8,10,12-13,18,30H,3-4,7,9,11H2,1-2H3,(H,26,31)/t12-,13+,18-/m0/s1. The minimum atomic E-state index is -0.969. The Balaban J connectivity index is 1.61. The van der Waals surface area contributed by atoms with Gasteiger partial charge in [0, 0.05) is 38.0 Å². The molecule has 3 atom stereocenters. The summed E-state index contributed by atoms with van der Waals surface area (Å²) < 4.78 is 28.4. The third-order valence-electron chi connectivity index (χ3n) is 6.64. The summed E-state index contributed by atoms with van der Waals surface area (Å²) in [5.41, 5.74) is -1.40. The van der Waals surface area contributed by atoms with Gasteiger partial charge in [0.15, 0.2) is 11.4 Å². The highest BCUT2D eigenvalue weighted by Crippen LogP contribution is 2.37. The van der Waals surface area contributed by atoms with E-state index in [1.54, 1.807) is 11.9 Å². The fourth-order valence-corrected chi connectivity index (χ4v) is 4.82. The van der Waals surface area contributed by atoms with Crippen LogP contribution in [0.2, 0.25) is 0 Å². The van der Waals surface area contributed by atoms with E-state index in [9.17, 15) is 28.3 Å². The molecular formula is C23H25F2N3O4. The molecule has 0 saturated heterocycles. The van der Waals surface area contributed by atoms with Crippen LogP contribution in [-0.4, -0.2) is 39.5 Å². The van der Waals surface area contributed by atoms with E-state index < -0.39 is 34.6 Å². The zero-order chi connectivity index (χ0) is 23.2. The van der Waals surface area contributed by atoms with Crippen LogP contribution < -0.4 is 10.7 Å². The predicted molar refractivity (Wildman–Crippen MR) is 112 cm³/mol. The smallest absolute Gasteiger partial charge is 0.274 e. The van der Waals surface area contributed by atoms with Crippen LogP contribution in [0.3, 0.4) is 0 Å². The summed E-state index contributed by atoms with van der Waals surface area (Å²) in [6, 6.07) is 2.86. The Morgan fingerprint density at radius 3 is 2.66 bits per heavy atom. The molecule has 0 unspecified atom stereocenters. The molecule has 2 N–H and O–H groups in total. The van der Waals surface area contributed by atoms with Gasteiger partial charge in [0.2, 0.25) is 5.43 Å². The number of benzene rings is 1. The molecular weight excluding hydrogens is 420 g/mol. The van der Waals surface area contributed by atoms with Crippen molar-refractivity contribution in [1.29, 1.82) is 0 Å². The molecule has 1 aliphatic heterocycles. The molecule has 170 valence electrons. The minimum Gasteiger partial charge on any atom is -0.503 e. The van der Waals surface area contributed by atoms with Crippen LogP contribution in [0.5, 0.6) is 5.75 Å². The van der Waals surface area contributed by atoms with Crippen molar-refractivity contribution in [3.8, 4) is 5.75 Å². The number of amides is 2. The molecule has 4 rings (SSSR count). The zero-order valence-corrected chi connectivity index (χ0v) is 17.9. The van der Waals surface area contributed by atoms with Crippen LogP contribution in [0, 0.1) is 23.5 Å². The van der Waals surface area contributed by atoms with Gasteiger partial charge in [-0.05, 0) is 30.7 Å². The van der Waals surface area contributed by atoms with Gasteiger partial charge in [-0.2, -0.15) is 0 Å². The number of likely N-dealkylation sites (N-methyl/N-ethyl adjacent to an activating group) is 1. The first-order valence-corrected chi connectivity index (χ1v) is 10.6. The van der Waals surface area contributed by atoms with Crippen LogP contribution >= 0.6 is 0 Å². The predicted octanol–water partition coefficient (Wildman–Crippen LogP) is 2.65. The molecule has 2 heterocycles. The number of carbonyl (C=O) groups is 2. The monoisotopic (exact) mass is 445 g/mol. The summed E-state index contributed by atoms with van der Waals surface area (Å²) in [6.45, 7) is 2.26. The van der Waals surface area contributed by atoms with Gasteiger partial charge in [-0.3, -0.25) is 14.4 Å². The Kier molecular flexibility index (Phi) is 5.75. The molecule has 1 saturated carbocycles. The van der Waals surface area contributed by atoms with Crippen molar-refractivity contribution < 1.29 is 23.5 Å². The molecule has 0 radical (unpaired) electrons. The third-order valence-corrected chi connectivity index (χ3v) is 6.64. The van der Waals surface area contributed by atoms with Gasteiger partial charge >= 0.3 is 0 Å². The van der Waals surface area contributed by atoms with Crippen molar-refractivity contribution in [3.63, 3.8) is 0 Å². The molecule has 9 heteroatoms. The molecule has 1 aliphatic carbocycles. The van der Waals surface area contributed by atoms with Gasteiger partial charge in [0.05, 0.1) is 6.04 Å². The lowest BCUT2D eigenvalue weighted by Crippen LogP contribution is -2.50. The zero-order valence-electron chi connectivity index (χ0n) is 17.9. The van der Waals surface area contributed by atoms with Crippen molar-refractivity contribution >= 4 is 11.8 Å². The highest BCUT2D eigenvalue weighted by atomic mass is 19.1. The van der Waals surface area contributed by atoms with E-state index in [1.807, 2.05) is 0 Å². The van der Waals surface area contributed by atoms with E-state index >= 15 is 0 Å². The largest absolute Gasteiger partial charge is 0.503 e. The second-order valence-corrected chi connectivity index (χ2v) is 8.80. The molecule has 7 nitrogen and oxygen atoms in total. The summed E-state index contributed by atoms with van der Waals surface area (Å²) in [5, 5.41) is 12.9. The number of fused-ring (bicyclic) bond motifs is 1. The van der Waals surface area contributed by atoms with Crippen molar-refractivity contribution in [2.24, 2.45) is 11.8 Å². The molecule has 2 aliphatic rings. The fraction of sp³-hybridized carbons (Fsp3) is 0.435. The minimum absolute atomic E-state index is 0.0502. The first-order valence-electron chi connectivity index (χ1n) is 10.6. The lowest BCUT2D eigenvalue weighted by Gasteiger charge is -2.38. The number of pyridine rings is 1. The van der Waals surface area contributed by atoms with E-state index in [0.29, 0.717) is 24.4 Å². The maximum atomic E-state index is 13.8. The summed E-state index contributed by atoms with van der Waals surface area (Å²) in [5.74, 6) is -2.75. The number of halogens is 2. The Hall–Kier alpha value is -3.23. The molecule has 1 fully saturated rings. The number of hydrogen-bond donors (Lipinski definition) is 2. The first kappa shape index (κ1) is 22.0. The van der Waals surface area contributed by atoms with Crippen LogP contribution in [-0.2, 0) is 13.1 Å². The highest BCUT2D eigenvalue weighted by Gasteiger charge is 2.39. The maximum Gasteiger partial charge on any atom is 0.274 e. The Labute approximate surface area is 183 Å². The van der Waals surface area contributed by atoms with Gasteiger partial charge in [0.25, 0.3) is 11.8 Å². The number of nitrogens with zero attached hydrogens (tertiary/aromatic N) is 2. The molecule has 2 amide bonds. The topological polar surface area (TPSA) is 91.6 Å². The van der Waals surface area contributed by atoms with E-state index in [2.05, 4.69) is 12.2 Å². The quantitative estimate of drug-likeness (QED) is 0.757. The Bertz CT molecular complexity index is 1150. The van der Waals surface area contributed by atoms with E-state index in [1.165, 1.54) is 16.8 Å². The second kappa shape index (κ2) is 8.37. The molecule has 0 spiro atoms. The molecule has 32 heavy (non-hydrogen) atoms. The Morgan fingerprint density at radius 1 is 1.25 bits per heavy atom. The van der Waals surface area contributed by atoms with Gasteiger partial charge in [0.1, 0.15) is 17.2 Å². The van der Waals surface area contributed by atoms with Crippen molar-refractivity contribution in [2.45, 2.75) is 45.3 Å². The maximum absolute atomic E-state index is 13.8. The van der Waals surface area contributed by atoms with Crippen LogP contribution in [0.4, 0.5) is 8.78 Å². The highest BCUT2D eigenvalue weighted by molar-refractivity contribution is 5.99. The number of rotatable bonds is 4. The van der Waals surface area contributed by atoms with Crippen molar-refractivity contribution in [2.75, 3.05) is 7.05 Å². The van der Waals surface area contributed by atoms with Crippen LogP contribution in [0.1, 0.15) is 52.6 Å². The van der Waals surface area contributed by atoms with E-state index in [-0.39, 0.29) is 29.4 Å². The fourth-order valence-electron chi connectivity index (χ4n) is 4.82. The van der Waals surface area contributed by atoms with E-state index in [4.69, 9.17) is 0 Å². The first-order chi connectivity index (χ1) is 15.2. The SMILES string of the molecule is C[C@H]1CC[C@@H]([C@@H]2Cn3cc(C(=O)NCc4ccc(F)cc4F)c(=O)c(O)c3C(=O)N2C)C1. The number of nitrogens with one attached hydrogen (secondary N) is 1. The average molecular weight is 445 g/mol. The summed E-state index contributed by atoms with van der Waals surface area (Å²) in [4.78, 5) is 39.8. The van der Waals surface area contributed by atoms with Crippen LogP contribution in [0.25, 0.3) is 0 Å². The van der Waals surface area contributed by atoms with Crippen molar-refractivity contribution in [1.82, 2.24) is 14.8 Å². The lowest BCUT2D eigenvalue weighted by molar-refractivity contribution is 0.0564. The Morgan fingerprint density at radius 2 is 2.00 bits per heavy atom.